The molecule has 1 aliphatic carbocycles. The van der Waals surface area contributed by atoms with Crippen molar-refractivity contribution in [2.24, 2.45) is 0 Å². The van der Waals surface area contributed by atoms with Crippen molar-refractivity contribution in [3.63, 3.8) is 0 Å². The normalized spacial score (nSPS) is 21.8. The van der Waals surface area contributed by atoms with Gasteiger partial charge in [-0.15, -0.1) is 0 Å². The van der Waals surface area contributed by atoms with E-state index in [1.807, 2.05) is 11.8 Å². The summed E-state index contributed by atoms with van der Waals surface area (Å²) in [5, 5.41) is 9.75. The molecule has 1 amide bonds. The Labute approximate surface area is 173 Å². The molecule has 29 heavy (non-hydrogen) atoms. The first-order valence-electron chi connectivity index (χ1n) is 10.3. The molecule has 0 bridgehead atoms. The Balaban J connectivity index is 1.63. The zero-order valence-corrected chi connectivity index (χ0v) is 18.1. The van der Waals surface area contributed by atoms with Crippen LogP contribution in [0.4, 0.5) is 0 Å². The van der Waals surface area contributed by atoms with Crippen LogP contribution in [0.2, 0.25) is 0 Å². The standard InChI is InChI=1S/C21H30N4O3S/c1-18(20(26)23(2)21(17-22)11-7-4-8-12-21)24-13-15-25(16-14-24)29(27,28)19-9-5-3-6-10-19/h3,5-6,9-10,18H,4,7-8,11-16H2,1-2H3/t18-/m0/s1. The Morgan fingerprint density at radius 1 is 1.10 bits per heavy atom. The zero-order chi connectivity index (χ0) is 21.1. The smallest absolute Gasteiger partial charge is 0.243 e. The van der Waals surface area contributed by atoms with Gasteiger partial charge in [0.25, 0.3) is 0 Å². The Morgan fingerprint density at radius 2 is 1.69 bits per heavy atom. The predicted octanol–water partition coefficient (Wildman–Crippen LogP) is 2.07. The van der Waals surface area contributed by atoms with Crippen LogP contribution in [0.15, 0.2) is 35.2 Å². The first-order chi connectivity index (χ1) is 13.8. The second kappa shape index (κ2) is 8.82. The van der Waals surface area contributed by atoms with Gasteiger partial charge in [-0.1, -0.05) is 37.5 Å². The van der Waals surface area contributed by atoms with Gasteiger partial charge in [0.2, 0.25) is 15.9 Å². The number of hydrogen-bond acceptors (Lipinski definition) is 5. The SMILES string of the molecule is C[C@@H](C(=O)N(C)C1(C#N)CCCCC1)N1CCN(S(=O)(=O)c2ccccc2)CC1. The number of nitrogens with zero attached hydrogens (tertiary/aromatic N) is 4. The van der Waals surface area contributed by atoms with Gasteiger partial charge in [-0.25, -0.2) is 8.42 Å². The second-order valence-corrected chi connectivity index (χ2v) is 9.97. The van der Waals surface area contributed by atoms with Crippen LogP contribution < -0.4 is 0 Å². The Hall–Kier alpha value is -1.95. The van der Waals surface area contributed by atoms with Crippen molar-refractivity contribution in [3.8, 4) is 6.07 Å². The van der Waals surface area contributed by atoms with Crippen molar-refractivity contribution in [2.75, 3.05) is 33.2 Å². The number of hydrogen-bond donors (Lipinski definition) is 0. The molecule has 158 valence electrons. The van der Waals surface area contributed by atoms with Crippen molar-refractivity contribution >= 4 is 15.9 Å². The largest absolute Gasteiger partial charge is 0.326 e. The third kappa shape index (κ3) is 4.32. The van der Waals surface area contributed by atoms with Crippen LogP contribution in [0, 0.1) is 11.3 Å². The lowest BCUT2D eigenvalue weighted by Crippen LogP contribution is -2.58. The monoisotopic (exact) mass is 418 g/mol. The molecule has 8 heteroatoms. The predicted molar refractivity (Wildman–Crippen MR) is 110 cm³/mol. The lowest BCUT2D eigenvalue weighted by Gasteiger charge is -2.43. The molecule has 1 aromatic rings. The van der Waals surface area contributed by atoms with Crippen molar-refractivity contribution in [2.45, 2.75) is 55.5 Å². The van der Waals surface area contributed by atoms with E-state index >= 15 is 0 Å². The number of likely N-dealkylation sites (N-methyl/N-ethyl adjacent to an activating group) is 1. The lowest BCUT2D eigenvalue weighted by atomic mass is 9.81. The first-order valence-corrected chi connectivity index (χ1v) is 11.7. The van der Waals surface area contributed by atoms with Crippen LogP contribution in [0.1, 0.15) is 39.0 Å². The summed E-state index contributed by atoms with van der Waals surface area (Å²) in [6.45, 7) is 3.54. The molecule has 0 N–H and O–H groups in total. The summed E-state index contributed by atoms with van der Waals surface area (Å²) < 4.78 is 27.1. The highest BCUT2D eigenvalue weighted by molar-refractivity contribution is 7.89. The molecule has 1 saturated heterocycles. The third-order valence-electron chi connectivity index (χ3n) is 6.42. The molecule has 0 spiro atoms. The highest BCUT2D eigenvalue weighted by Gasteiger charge is 2.41. The number of rotatable bonds is 5. The molecule has 0 unspecified atom stereocenters. The summed E-state index contributed by atoms with van der Waals surface area (Å²) in [6, 6.07) is 10.5. The minimum absolute atomic E-state index is 0.0622. The number of nitriles is 1. The summed E-state index contributed by atoms with van der Waals surface area (Å²) >= 11 is 0. The fraction of sp³-hybridized carbons (Fsp3) is 0.619. The van der Waals surface area contributed by atoms with Crippen molar-refractivity contribution in [1.29, 1.82) is 5.26 Å². The van der Waals surface area contributed by atoms with E-state index in [2.05, 4.69) is 6.07 Å². The van der Waals surface area contributed by atoms with Gasteiger partial charge in [0.15, 0.2) is 0 Å². The highest BCUT2D eigenvalue weighted by Crippen LogP contribution is 2.33. The van der Waals surface area contributed by atoms with E-state index in [0.717, 1.165) is 32.1 Å². The fourth-order valence-corrected chi connectivity index (χ4v) is 5.82. The number of carbonyl (C=O) groups is 1. The quantitative estimate of drug-likeness (QED) is 0.731. The molecule has 1 atom stereocenters. The minimum atomic E-state index is -3.51. The molecule has 1 heterocycles. The molecule has 2 fully saturated rings. The molecule has 2 aliphatic rings. The van der Waals surface area contributed by atoms with E-state index < -0.39 is 15.6 Å². The first kappa shape index (κ1) is 21.8. The number of piperazine rings is 1. The summed E-state index contributed by atoms with van der Waals surface area (Å²) in [5.74, 6) is -0.0622. The maximum absolute atomic E-state index is 13.1. The fourth-order valence-electron chi connectivity index (χ4n) is 4.38. The minimum Gasteiger partial charge on any atom is -0.326 e. The van der Waals surface area contributed by atoms with E-state index in [0.29, 0.717) is 31.1 Å². The number of sulfonamides is 1. The number of carbonyl (C=O) groups excluding carboxylic acids is 1. The number of benzene rings is 1. The average molecular weight is 419 g/mol. The zero-order valence-electron chi connectivity index (χ0n) is 17.2. The van der Waals surface area contributed by atoms with Gasteiger partial charge < -0.3 is 4.90 Å². The molecule has 1 saturated carbocycles. The van der Waals surface area contributed by atoms with Crippen molar-refractivity contribution in [1.82, 2.24) is 14.1 Å². The van der Waals surface area contributed by atoms with E-state index in [1.165, 1.54) is 4.31 Å². The van der Waals surface area contributed by atoms with Crippen LogP contribution in [0.3, 0.4) is 0 Å². The van der Waals surface area contributed by atoms with E-state index in [9.17, 15) is 18.5 Å². The van der Waals surface area contributed by atoms with Crippen LogP contribution in [0.5, 0.6) is 0 Å². The topological polar surface area (TPSA) is 84.7 Å². The summed E-state index contributed by atoms with van der Waals surface area (Å²) in [7, 11) is -1.77. The second-order valence-electron chi connectivity index (χ2n) is 8.03. The molecule has 0 radical (unpaired) electrons. The molecule has 0 aromatic heterocycles. The van der Waals surface area contributed by atoms with Gasteiger partial charge in [-0.2, -0.15) is 9.57 Å². The lowest BCUT2D eigenvalue weighted by molar-refractivity contribution is -0.140. The van der Waals surface area contributed by atoms with Crippen molar-refractivity contribution in [3.05, 3.63) is 30.3 Å². The molecule has 3 rings (SSSR count). The van der Waals surface area contributed by atoms with Gasteiger partial charge in [-0.3, -0.25) is 9.69 Å². The maximum Gasteiger partial charge on any atom is 0.243 e. The van der Waals surface area contributed by atoms with E-state index in [1.54, 1.807) is 42.3 Å². The summed E-state index contributed by atoms with van der Waals surface area (Å²) in [4.78, 5) is 17.1. The molecule has 1 aromatic carbocycles. The van der Waals surface area contributed by atoms with Crippen LogP contribution in [-0.4, -0.2) is 73.2 Å². The molecule has 1 aliphatic heterocycles. The van der Waals surface area contributed by atoms with Crippen LogP contribution in [0.25, 0.3) is 0 Å². The van der Waals surface area contributed by atoms with Gasteiger partial charge >= 0.3 is 0 Å². The van der Waals surface area contributed by atoms with Gasteiger partial charge in [0, 0.05) is 33.2 Å². The van der Waals surface area contributed by atoms with Crippen molar-refractivity contribution < 1.29 is 13.2 Å². The Kier molecular flexibility index (Phi) is 6.62. The van der Waals surface area contributed by atoms with Crippen LogP contribution in [-0.2, 0) is 14.8 Å². The molecule has 7 nitrogen and oxygen atoms in total. The summed E-state index contributed by atoms with van der Waals surface area (Å²) in [6.07, 6.45) is 4.49. The molecular weight excluding hydrogens is 388 g/mol. The van der Waals surface area contributed by atoms with Gasteiger partial charge in [0.1, 0.15) is 5.54 Å². The average Bonchev–Trinajstić information content (AvgIpc) is 2.78. The third-order valence-corrected chi connectivity index (χ3v) is 8.33. The number of amides is 1. The molecular formula is C21H30N4O3S. The summed E-state index contributed by atoms with van der Waals surface area (Å²) in [5.41, 5.74) is -0.706. The van der Waals surface area contributed by atoms with Crippen LogP contribution >= 0.6 is 0 Å². The maximum atomic E-state index is 13.1. The van der Waals surface area contributed by atoms with E-state index in [4.69, 9.17) is 0 Å². The van der Waals surface area contributed by atoms with Gasteiger partial charge in [0.05, 0.1) is 17.0 Å². The Morgan fingerprint density at radius 3 is 2.24 bits per heavy atom. The van der Waals surface area contributed by atoms with E-state index in [-0.39, 0.29) is 11.9 Å². The Bertz CT molecular complexity index is 852. The van der Waals surface area contributed by atoms with Gasteiger partial charge in [-0.05, 0) is 31.9 Å². The highest BCUT2D eigenvalue weighted by atomic mass is 32.2.